The Morgan fingerprint density at radius 2 is 1.77 bits per heavy atom. The third kappa shape index (κ3) is 10.6. The van der Waals surface area contributed by atoms with E-state index in [-0.39, 0.29) is 60.3 Å². The van der Waals surface area contributed by atoms with Crippen LogP contribution in [0.5, 0.6) is 0 Å². The summed E-state index contributed by atoms with van der Waals surface area (Å²) in [4.78, 5) is 72.4. The highest BCUT2D eigenvalue weighted by Crippen LogP contribution is 2.45. The molecule has 1 spiro atoms. The van der Waals surface area contributed by atoms with Crippen molar-refractivity contribution in [3.05, 3.63) is 71.5 Å². The fourth-order valence-electron chi connectivity index (χ4n) is 14.5. The van der Waals surface area contributed by atoms with E-state index in [1.54, 1.807) is 12.1 Å². The Bertz CT molecular complexity index is 2920. The number of rotatable bonds is 10. The number of morpholine rings is 1. The van der Waals surface area contributed by atoms with E-state index in [0.29, 0.717) is 38.4 Å². The fourth-order valence-corrected chi connectivity index (χ4v) is 14.5. The molecule has 2 aromatic carbocycles. The molecule has 8 aliphatic rings. The number of pyridine rings is 1. The normalized spacial score (nSPS) is 27.9. The van der Waals surface area contributed by atoms with Crippen molar-refractivity contribution in [1.29, 1.82) is 0 Å². The number of aryl methyl sites for hydroxylation is 1. The number of aromatic nitrogens is 2. The molecule has 418 valence electrons. The molecule has 78 heavy (non-hydrogen) atoms. The Kier molecular flexibility index (Phi) is 14.9. The minimum absolute atomic E-state index is 0.0340. The minimum atomic E-state index is -0.901. The molecular formula is C61H82N10O7. The first-order valence-corrected chi connectivity index (χ1v) is 29.4. The molecule has 7 atom stereocenters. The van der Waals surface area contributed by atoms with E-state index < -0.39 is 23.5 Å². The van der Waals surface area contributed by atoms with E-state index in [9.17, 15) is 9.59 Å². The number of anilines is 1. The van der Waals surface area contributed by atoms with Crippen LogP contribution in [0.2, 0.25) is 0 Å². The summed E-state index contributed by atoms with van der Waals surface area (Å²) >= 11 is 0. The largest absolute Gasteiger partial charge is 0.464 e. The number of carbonyl (C=O) groups is 4. The fraction of sp³-hybridized carbons (Fsp3) is 0.623. The average Bonchev–Trinajstić information content (AvgIpc) is 3.70. The van der Waals surface area contributed by atoms with Gasteiger partial charge in [-0.15, -0.1) is 0 Å². The number of benzene rings is 2. The smallest absolute Gasteiger partial charge is 0.324 e. The molecule has 1 saturated carbocycles. The van der Waals surface area contributed by atoms with Gasteiger partial charge in [-0.3, -0.25) is 39.0 Å². The summed E-state index contributed by atoms with van der Waals surface area (Å²) in [5, 5.41) is 9.25. The Morgan fingerprint density at radius 1 is 0.949 bits per heavy atom. The number of hydrogen-bond donors (Lipinski definition) is 3. The van der Waals surface area contributed by atoms with Crippen LogP contribution < -0.4 is 21.0 Å². The van der Waals surface area contributed by atoms with Gasteiger partial charge in [0.2, 0.25) is 11.8 Å². The second kappa shape index (κ2) is 21.9. The molecule has 1 aliphatic carbocycles. The highest BCUT2D eigenvalue weighted by Gasteiger charge is 2.50. The van der Waals surface area contributed by atoms with Crippen molar-refractivity contribution in [2.24, 2.45) is 16.7 Å². The lowest BCUT2D eigenvalue weighted by Crippen LogP contribution is -2.62. The predicted octanol–water partition coefficient (Wildman–Crippen LogP) is 5.72. The number of amides is 3. The Labute approximate surface area is 460 Å². The number of hydrazine groups is 1. The molecular weight excluding hydrogens is 985 g/mol. The third-order valence-corrected chi connectivity index (χ3v) is 18.9. The molecule has 7 fully saturated rings. The number of esters is 1. The predicted molar refractivity (Wildman–Crippen MR) is 299 cm³/mol. The lowest BCUT2D eigenvalue weighted by atomic mass is 9.84. The zero-order chi connectivity index (χ0) is 53.9. The first-order chi connectivity index (χ1) is 37.8. The number of likely N-dealkylation sites (tertiary alicyclic amines) is 2. The van der Waals surface area contributed by atoms with Gasteiger partial charge in [0.15, 0.2) is 0 Å². The van der Waals surface area contributed by atoms with Crippen molar-refractivity contribution >= 4 is 40.3 Å². The molecule has 3 N–H and O–H groups in total. The van der Waals surface area contributed by atoms with E-state index in [4.69, 9.17) is 19.2 Å². The molecule has 9 heterocycles. The summed E-state index contributed by atoms with van der Waals surface area (Å²) in [7, 11) is 1.74. The van der Waals surface area contributed by atoms with Gasteiger partial charge in [-0.25, -0.2) is 5.43 Å². The van der Waals surface area contributed by atoms with E-state index in [1.165, 1.54) is 0 Å². The van der Waals surface area contributed by atoms with Crippen LogP contribution in [0.25, 0.3) is 33.3 Å². The maximum absolute atomic E-state index is 15.2. The molecule has 0 unspecified atom stereocenters. The van der Waals surface area contributed by atoms with Crippen LogP contribution in [0.1, 0.15) is 102 Å². The highest BCUT2D eigenvalue weighted by atomic mass is 16.5. The lowest BCUT2D eigenvalue weighted by molar-refractivity contribution is -0.155. The molecule has 6 bridgehead atoms. The van der Waals surface area contributed by atoms with Gasteiger partial charge in [-0.05, 0) is 112 Å². The van der Waals surface area contributed by atoms with Crippen LogP contribution in [0, 0.1) is 16.7 Å². The van der Waals surface area contributed by atoms with Crippen LogP contribution in [-0.4, -0.2) is 176 Å². The number of nitrogens with zero attached hydrogens (tertiary/aromatic N) is 7. The van der Waals surface area contributed by atoms with Crippen molar-refractivity contribution in [2.45, 2.75) is 135 Å². The van der Waals surface area contributed by atoms with Crippen molar-refractivity contribution in [2.75, 3.05) is 97.3 Å². The monoisotopic (exact) mass is 1070 g/mol. The maximum atomic E-state index is 15.2. The molecule has 3 amide bonds. The van der Waals surface area contributed by atoms with E-state index in [1.807, 2.05) is 11.1 Å². The van der Waals surface area contributed by atoms with Crippen LogP contribution >= 0.6 is 0 Å². The number of nitrogens with one attached hydrogen (secondary N) is 3. The Hall–Kier alpha value is -5.43. The second-order valence-corrected chi connectivity index (χ2v) is 24.9. The van der Waals surface area contributed by atoms with Crippen molar-refractivity contribution < 1.29 is 33.4 Å². The van der Waals surface area contributed by atoms with Crippen LogP contribution in [0.3, 0.4) is 0 Å². The van der Waals surface area contributed by atoms with E-state index >= 15 is 9.59 Å². The van der Waals surface area contributed by atoms with Gasteiger partial charge < -0.3 is 39.2 Å². The SMILES string of the molecule is CCn1c(-c2cc(N3CCN4CCOC[C@@H]4C3)cnc2[C@H](C)OC)c2c3cc(ccc31)-c1cccc(c1)C[C@H](NC(=O)[C@H](C1CCCC1)N1CC[C@]3(CCN(C(=O)[C@H]4CN4)C3)C1)C(=O)N1CCC[C@H](N1)C(=O)OCC(C)(C)C2. The van der Waals surface area contributed by atoms with Gasteiger partial charge in [-0.2, -0.15) is 0 Å². The highest BCUT2D eigenvalue weighted by molar-refractivity contribution is 5.96. The van der Waals surface area contributed by atoms with Crippen molar-refractivity contribution in [1.82, 2.24) is 45.3 Å². The average molecular weight is 1070 g/mol. The second-order valence-electron chi connectivity index (χ2n) is 24.9. The van der Waals surface area contributed by atoms with Gasteiger partial charge in [0, 0.05) is 106 Å². The molecule has 6 saturated heterocycles. The quantitative estimate of drug-likeness (QED) is 0.130. The summed E-state index contributed by atoms with van der Waals surface area (Å²) in [6.07, 6.45) is 9.70. The standard InChI is InChI=1S/C61H82N10O7/c1-6-70-52-17-16-43-29-46(52)48(55(70)47-30-44(32-63-53(47)39(2)76-5)67-24-23-66-25-26-77-35-45(66)34-67)31-60(3,4)38-78-59(75)49-15-10-20-71(65-49)58(74)50(28-40-11-9-14-42(43)27-40)64-56(72)54(41-12-7-8-13-41)68-21-18-61(36-68)19-22-69(37-61)57(73)51-33-62-51/h9,11,14,16-17,27,29-30,32,39,41,45,49-51,54,62,65H,6-8,10,12-13,15,18-26,28,31,33-38H2,1-5H3,(H,64,72)/t39-,45-,49-,50-,51+,54-,61-/m0/s1. The van der Waals surface area contributed by atoms with E-state index in [0.717, 1.165) is 166 Å². The molecule has 17 nitrogen and oxygen atoms in total. The van der Waals surface area contributed by atoms with E-state index in [2.05, 4.69) is 112 Å². The molecule has 2 aromatic heterocycles. The number of cyclic esters (lactones) is 1. The van der Waals surface area contributed by atoms with Gasteiger partial charge in [-0.1, -0.05) is 57.0 Å². The summed E-state index contributed by atoms with van der Waals surface area (Å²) < 4.78 is 20.8. The van der Waals surface area contributed by atoms with Crippen molar-refractivity contribution in [3.63, 3.8) is 0 Å². The molecule has 4 aromatic rings. The van der Waals surface area contributed by atoms with Gasteiger partial charge in [0.25, 0.3) is 5.91 Å². The summed E-state index contributed by atoms with van der Waals surface area (Å²) in [6, 6.07) is 15.8. The lowest BCUT2D eigenvalue weighted by Gasteiger charge is -2.44. The first-order valence-electron chi connectivity index (χ1n) is 29.4. The molecule has 12 rings (SSSR count). The van der Waals surface area contributed by atoms with Crippen LogP contribution in [0.4, 0.5) is 5.69 Å². The van der Waals surface area contributed by atoms with Gasteiger partial charge in [0.1, 0.15) is 12.1 Å². The summed E-state index contributed by atoms with van der Waals surface area (Å²) in [5.74, 6) is -0.394. The topological polar surface area (TPSA) is 176 Å². The molecule has 7 aliphatic heterocycles. The van der Waals surface area contributed by atoms with Crippen LogP contribution in [-0.2, 0) is 52.8 Å². The van der Waals surface area contributed by atoms with Gasteiger partial charge in [0.05, 0.1) is 67.3 Å². The van der Waals surface area contributed by atoms with Crippen LogP contribution in [0.15, 0.2) is 54.7 Å². The number of piperazine rings is 1. The first kappa shape index (κ1) is 53.2. The summed E-state index contributed by atoms with van der Waals surface area (Å²) in [6.45, 7) is 18.9. The Balaban J connectivity index is 0.905. The molecule has 17 heteroatoms. The Morgan fingerprint density at radius 3 is 2.58 bits per heavy atom. The number of hydrogen-bond acceptors (Lipinski definition) is 13. The van der Waals surface area contributed by atoms with Crippen molar-refractivity contribution in [3.8, 4) is 22.4 Å². The zero-order valence-electron chi connectivity index (χ0n) is 46.7. The number of ether oxygens (including phenoxy) is 3. The maximum Gasteiger partial charge on any atom is 0.324 e. The zero-order valence-corrected chi connectivity index (χ0v) is 46.7. The summed E-state index contributed by atoms with van der Waals surface area (Å²) in [5.41, 5.74) is 12.1. The number of carbonyl (C=O) groups excluding carboxylic acids is 4. The number of fused-ring (bicyclic) bond motifs is 7. The third-order valence-electron chi connectivity index (χ3n) is 18.9. The molecule has 0 radical (unpaired) electrons. The minimum Gasteiger partial charge on any atom is -0.464 e. The van der Waals surface area contributed by atoms with Gasteiger partial charge >= 0.3 is 5.97 Å². The number of methoxy groups -OCH3 is 1.